The molecule has 0 saturated carbocycles. The molecule has 90 valence electrons. The van der Waals surface area contributed by atoms with Gasteiger partial charge in [0.1, 0.15) is 6.33 Å². The first-order valence-electron chi connectivity index (χ1n) is 5.83. The molecule has 0 radical (unpaired) electrons. The van der Waals surface area contributed by atoms with Crippen LogP contribution >= 0.6 is 0 Å². The van der Waals surface area contributed by atoms with Crippen LogP contribution in [0.25, 0.3) is 0 Å². The summed E-state index contributed by atoms with van der Waals surface area (Å²) in [5, 5.41) is 7.86. The standard InChI is InChI=1S/C11H15N5O/c12-9-2-1-8(5-9)11(17)15-3-4-16-7-13-14-10(16)6-15/h1-2,7-9H,3-6,12H2. The molecule has 6 nitrogen and oxygen atoms in total. The number of carbonyl (C=O) groups excluding carboxylic acids is 1. The average Bonchev–Trinajstić information content (AvgIpc) is 2.95. The van der Waals surface area contributed by atoms with Crippen molar-refractivity contribution in [3.8, 4) is 0 Å². The van der Waals surface area contributed by atoms with Gasteiger partial charge in [0.05, 0.1) is 12.5 Å². The van der Waals surface area contributed by atoms with Gasteiger partial charge in [-0.3, -0.25) is 4.79 Å². The van der Waals surface area contributed by atoms with Gasteiger partial charge in [0.2, 0.25) is 5.91 Å². The highest BCUT2D eigenvalue weighted by molar-refractivity contribution is 5.81. The zero-order valence-corrected chi connectivity index (χ0v) is 9.49. The van der Waals surface area contributed by atoms with Gasteiger partial charge in [-0.25, -0.2) is 0 Å². The van der Waals surface area contributed by atoms with Crippen LogP contribution in [0.3, 0.4) is 0 Å². The first-order chi connectivity index (χ1) is 8.24. The number of nitrogens with zero attached hydrogens (tertiary/aromatic N) is 4. The Hall–Kier alpha value is -1.69. The summed E-state index contributed by atoms with van der Waals surface area (Å²) >= 11 is 0. The molecule has 1 aliphatic carbocycles. The summed E-state index contributed by atoms with van der Waals surface area (Å²) in [6, 6.07) is 0.0254. The molecule has 17 heavy (non-hydrogen) atoms. The van der Waals surface area contributed by atoms with E-state index in [0.29, 0.717) is 6.54 Å². The summed E-state index contributed by atoms with van der Waals surface area (Å²) in [5.74, 6) is 0.957. The molecule has 0 spiro atoms. The molecule has 0 aromatic carbocycles. The van der Waals surface area contributed by atoms with Crippen LogP contribution in [-0.4, -0.2) is 38.2 Å². The molecule has 0 fully saturated rings. The van der Waals surface area contributed by atoms with Gasteiger partial charge in [-0.15, -0.1) is 10.2 Å². The molecule has 2 unspecified atom stereocenters. The number of fused-ring (bicyclic) bond motifs is 1. The molecule has 1 amide bonds. The van der Waals surface area contributed by atoms with E-state index in [-0.39, 0.29) is 17.9 Å². The van der Waals surface area contributed by atoms with Crippen molar-refractivity contribution in [2.24, 2.45) is 11.7 Å². The zero-order chi connectivity index (χ0) is 11.8. The fourth-order valence-corrected chi connectivity index (χ4v) is 2.40. The average molecular weight is 233 g/mol. The lowest BCUT2D eigenvalue weighted by molar-refractivity contribution is -0.135. The molecular formula is C11H15N5O. The predicted octanol–water partition coefficient (Wildman–Crippen LogP) is -0.476. The summed E-state index contributed by atoms with van der Waals surface area (Å²) < 4.78 is 1.99. The third-order valence-corrected chi connectivity index (χ3v) is 3.38. The van der Waals surface area contributed by atoms with Crippen molar-refractivity contribution in [2.75, 3.05) is 6.54 Å². The Labute approximate surface area is 99.1 Å². The maximum Gasteiger partial charge on any atom is 0.230 e. The van der Waals surface area contributed by atoms with Crippen molar-refractivity contribution in [1.82, 2.24) is 19.7 Å². The molecule has 3 rings (SSSR count). The second-order valence-corrected chi connectivity index (χ2v) is 4.59. The molecular weight excluding hydrogens is 218 g/mol. The molecule has 2 aliphatic rings. The second kappa shape index (κ2) is 3.96. The van der Waals surface area contributed by atoms with Crippen LogP contribution in [-0.2, 0) is 17.9 Å². The van der Waals surface area contributed by atoms with E-state index in [1.807, 2.05) is 21.6 Å². The van der Waals surface area contributed by atoms with Crippen molar-refractivity contribution >= 4 is 5.91 Å². The van der Waals surface area contributed by atoms with Crippen molar-refractivity contribution in [1.29, 1.82) is 0 Å². The van der Waals surface area contributed by atoms with Crippen molar-refractivity contribution in [3.63, 3.8) is 0 Å². The Bertz CT molecular complexity index is 466. The second-order valence-electron chi connectivity index (χ2n) is 4.59. The van der Waals surface area contributed by atoms with E-state index >= 15 is 0 Å². The maximum absolute atomic E-state index is 12.2. The molecule has 0 bridgehead atoms. The Morgan fingerprint density at radius 1 is 1.41 bits per heavy atom. The van der Waals surface area contributed by atoms with Gasteiger partial charge in [0.25, 0.3) is 0 Å². The normalized spacial score (nSPS) is 27.2. The molecule has 2 atom stereocenters. The van der Waals surface area contributed by atoms with Gasteiger partial charge in [0.15, 0.2) is 5.82 Å². The first-order valence-corrected chi connectivity index (χ1v) is 5.83. The minimum Gasteiger partial charge on any atom is -0.333 e. The summed E-state index contributed by atoms with van der Waals surface area (Å²) in [6.45, 7) is 2.05. The topological polar surface area (TPSA) is 77.0 Å². The third kappa shape index (κ3) is 1.84. The van der Waals surface area contributed by atoms with E-state index in [2.05, 4.69) is 10.2 Å². The van der Waals surface area contributed by atoms with Gasteiger partial charge in [-0.1, -0.05) is 12.2 Å². The quantitative estimate of drug-likeness (QED) is 0.665. The fourth-order valence-electron chi connectivity index (χ4n) is 2.40. The first kappa shape index (κ1) is 10.5. The number of amides is 1. The number of aromatic nitrogens is 3. The monoisotopic (exact) mass is 233 g/mol. The SMILES string of the molecule is NC1C=CC(C(=O)N2CCn3cnnc3C2)C1. The Kier molecular flexibility index (Phi) is 2.44. The van der Waals surface area contributed by atoms with E-state index in [1.165, 1.54) is 0 Å². The van der Waals surface area contributed by atoms with Crippen molar-refractivity contribution < 1.29 is 4.79 Å². The van der Waals surface area contributed by atoms with Crippen LogP contribution in [0.5, 0.6) is 0 Å². The third-order valence-electron chi connectivity index (χ3n) is 3.38. The maximum atomic E-state index is 12.2. The number of hydrogen-bond acceptors (Lipinski definition) is 4. The lowest BCUT2D eigenvalue weighted by atomic mass is 10.1. The molecule has 0 saturated heterocycles. The van der Waals surface area contributed by atoms with E-state index in [1.54, 1.807) is 6.33 Å². The molecule has 2 heterocycles. The van der Waals surface area contributed by atoms with Gasteiger partial charge in [-0.2, -0.15) is 0 Å². The minimum atomic E-state index is -0.0560. The summed E-state index contributed by atoms with van der Waals surface area (Å²) in [6.07, 6.45) is 6.27. The summed E-state index contributed by atoms with van der Waals surface area (Å²) in [7, 11) is 0. The molecule has 6 heteroatoms. The van der Waals surface area contributed by atoms with Crippen LogP contribution in [0.2, 0.25) is 0 Å². The van der Waals surface area contributed by atoms with Gasteiger partial charge < -0.3 is 15.2 Å². The highest BCUT2D eigenvalue weighted by atomic mass is 16.2. The van der Waals surface area contributed by atoms with E-state index in [0.717, 1.165) is 25.3 Å². The van der Waals surface area contributed by atoms with E-state index < -0.39 is 0 Å². The minimum absolute atomic E-state index is 0.0254. The lowest BCUT2D eigenvalue weighted by Gasteiger charge is -2.29. The van der Waals surface area contributed by atoms with E-state index in [4.69, 9.17) is 5.73 Å². The van der Waals surface area contributed by atoms with Crippen LogP contribution in [0.1, 0.15) is 12.2 Å². The van der Waals surface area contributed by atoms with Gasteiger partial charge in [-0.05, 0) is 6.42 Å². The zero-order valence-electron chi connectivity index (χ0n) is 9.49. The van der Waals surface area contributed by atoms with Crippen LogP contribution in [0, 0.1) is 5.92 Å². The smallest absolute Gasteiger partial charge is 0.230 e. The van der Waals surface area contributed by atoms with Crippen LogP contribution in [0.15, 0.2) is 18.5 Å². The fraction of sp³-hybridized carbons (Fsp3) is 0.545. The Morgan fingerprint density at radius 3 is 3.06 bits per heavy atom. The Morgan fingerprint density at radius 2 is 2.29 bits per heavy atom. The summed E-state index contributed by atoms with van der Waals surface area (Å²) in [5.41, 5.74) is 5.77. The lowest BCUT2D eigenvalue weighted by Crippen LogP contribution is -2.41. The van der Waals surface area contributed by atoms with Crippen molar-refractivity contribution in [2.45, 2.75) is 25.6 Å². The molecule has 2 N–H and O–H groups in total. The van der Waals surface area contributed by atoms with Crippen LogP contribution in [0.4, 0.5) is 0 Å². The largest absolute Gasteiger partial charge is 0.333 e. The van der Waals surface area contributed by atoms with Crippen molar-refractivity contribution in [3.05, 3.63) is 24.3 Å². The highest BCUT2D eigenvalue weighted by Gasteiger charge is 2.29. The summed E-state index contributed by atoms with van der Waals surface area (Å²) in [4.78, 5) is 14.1. The number of nitrogens with two attached hydrogens (primary N) is 1. The predicted molar refractivity (Wildman–Crippen MR) is 60.7 cm³/mol. The van der Waals surface area contributed by atoms with Crippen LogP contribution < -0.4 is 5.73 Å². The number of rotatable bonds is 1. The Balaban J connectivity index is 1.71. The van der Waals surface area contributed by atoms with Gasteiger partial charge in [0, 0.05) is 19.1 Å². The van der Waals surface area contributed by atoms with E-state index in [9.17, 15) is 4.79 Å². The molecule has 1 aromatic rings. The number of carbonyl (C=O) groups is 1. The van der Waals surface area contributed by atoms with Gasteiger partial charge >= 0.3 is 0 Å². The number of hydrogen-bond donors (Lipinski definition) is 1. The molecule has 1 aliphatic heterocycles. The molecule has 1 aromatic heterocycles. The highest BCUT2D eigenvalue weighted by Crippen LogP contribution is 2.21.